The van der Waals surface area contributed by atoms with Crippen LogP contribution in [0, 0.1) is 0 Å². The third-order valence-electron chi connectivity index (χ3n) is 6.10. The van der Waals surface area contributed by atoms with Crippen molar-refractivity contribution < 1.29 is 27.6 Å². The van der Waals surface area contributed by atoms with E-state index in [1.807, 2.05) is 0 Å². The molecule has 5 rings (SSSR count). The Morgan fingerprint density at radius 3 is 2.46 bits per heavy atom. The number of carbonyl (C=O) groups is 3. The Morgan fingerprint density at radius 2 is 1.83 bits per heavy atom. The topological polar surface area (TPSA) is 100 Å². The molecule has 4 amide bonds. The summed E-state index contributed by atoms with van der Waals surface area (Å²) in [4.78, 5) is 43.4. The molecule has 11 heteroatoms. The molecule has 1 aliphatic carbocycles. The van der Waals surface area contributed by atoms with Gasteiger partial charge in [-0.15, -0.1) is 11.3 Å². The molecule has 1 aromatic heterocycles. The van der Waals surface area contributed by atoms with Crippen molar-refractivity contribution in [3.8, 4) is 11.1 Å². The number of carbonyl (C=O) groups excluding carboxylic acids is 3. The van der Waals surface area contributed by atoms with Crippen molar-refractivity contribution >= 4 is 29.2 Å². The summed E-state index contributed by atoms with van der Waals surface area (Å²) in [6.45, 7) is -0.242. The molecule has 3 aromatic rings. The van der Waals surface area contributed by atoms with Gasteiger partial charge < -0.3 is 10.6 Å². The number of hydrogen-bond donors (Lipinski definition) is 3. The highest BCUT2D eigenvalue weighted by atomic mass is 32.1. The van der Waals surface area contributed by atoms with E-state index in [4.69, 9.17) is 0 Å². The molecule has 2 aromatic carbocycles. The van der Waals surface area contributed by atoms with E-state index < -0.39 is 35.1 Å². The number of rotatable bonds is 6. The SMILES string of the molecule is O=C1NC(=O)C(CNC(=O)c2ccccc2-c2ccc(C(F)(F)F)cc2)(c2ncsc2C2CC2)N1. The van der Waals surface area contributed by atoms with Gasteiger partial charge in [0.25, 0.3) is 11.8 Å². The number of nitrogens with zero attached hydrogens (tertiary/aromatic N) is 1. The van der Waals surface area contributed by atoms with Gasteiger partial charge in [0, 0.05) is 10.4 Å². The Morgan fingerprint density at radius 1 is 1.11 bits per heavy atom. The van der Waals surface area contributed by atoms with Gasteiger partial charge in [0.05, 0.1) is 23.3 Å². The fourth-order valence-corrected chi connectivity index (χ4v) is 5.20. The van der Waals surface area contributed by atoms with E-state index in [-0.39, 0.29) is 18.0 Å². The minimum absolute atomic E-state index is 0.216. The molecule has 1 aliphatic heterocycles. The Labute approximate surface area is 201 Å². The fourth-order valence-electron chi connectivity index (χ4n) is 4.16. The summed E-state index contributed by atoms with van der Waals surface area (Å²) in [6, 6.07) is 10.3. The Hall–Kier alpha value is -3.73. The zero-order valence-corrected chi connectivity index (χ0v) is 18.9. The highest BCUT2D eigenvalue weighted by Crippen LogP contribution is 2.46. The molecule has 1 unspecified atom stereocenters. The van der Waals surface area contributed by atoms with Crippen LogP contribution in [-0.4, -0.2) is 29.4 Å². The first-order valence-corrected chi connectivity index (χ1v) is 11.7. The molecule has 0 bridgehead atoms. The van der Waals surface area contributed by atoms with E-state index in [0.29, 0.717) is 16.8 Å². The first-order chi connectivity index (χ1) is 16.7. The highest BCUT2D eigenvalue weighted by Gasteiger charge is 2.52. The second-order valence-corrected chi connectivity index (χ2v) is 9.34. The van der Waals surface area contributed by atoms with Gasteiger partial charge in [-0.1, -0.05) is 30.3 Å². The molecule has 1 atom stereocenters. The first kappa shape index (κ1) is 23.0. The van der Waals surface area contributed by atoms with Crippen molar-refractivity contribution in [1.29, 1.82) is 0 Å². The van der Waals surface area contributed by atoms with E-state index in [0.717, 1.165) is 29.9 Å². The molecule has 35 heavy (non-hydrogen) atoms. The Kier molecular flexibility index (Phi) is 5.59. The predicted molar refractivity (Wildman–Crippen MR) is 122 cm³/mol. The van der Waals surface area contributed by atoms with Gasteiger partial charge in [0.15, 0.2) is 5.54 Å². The molecular formula is C24H19F3N4O3S. The maximum absolute atomic E-state index is 13.2. The number of hydrogen-bond acceptors (Lipinski definition) is 5. The van der Waals surface area contributed by atoms with Crippen LogP contribution in [0.5, 0.6) is 0 Å². The number of aromatic nitrogens is 1. The standard InChI is InChI=1S/C24H19F3N4O3S/c25-24(26,27)15-9-7-13(8-10-15)16-3-1-2-4-17(16)20(32)28-11-23(21(33)30-22(34)31-23)19-18(14-5-6-14)35-12-29-19/h1-4,7-10,12,14H,5-6,11H2,(H,28,32)(H2,30,31,33,34). The number of halogens is 3. The maximum atomic E-state index is 13.2. The maximum Gasteiger partial charge on any atom is 0.416 e. The average molecular weight is 501 g/mol. The lowest BCUT2D eigenvalue weighted by atomic mass is 9.92. The van der Waals surface area contributed by atoms with Gasteiger partial charge in [-0.2, -0.15) is 13.2 Å². The van der Waals surface area contributed by atoms with Crippen LogP contribution in [0.4, 0.5) is 18.0 Å². The van der Waals surface area contributed by atoms with Crippen molar-refractivity contribution in [2.45, 2.75) is 30.5 Å². The molecule has 0 radical (unpaired) electrons. The van der Waals surface area contributed by atoms with Crippen molar-refractivity contribution in [2.75, 3.05) is 6.54 Å². The van der Waals surface area contributed by atoms with Gasteiger partial charge in [-0.3, -0.25) is 14.9 Å². The van der Waals surface area contributed by atoms with Crippen LogP contribution in [0.15, 0.2) is 54.0 Å². The van der Waals surface area contributed by atoms with Gasteiger partial charge >= 0.3 is 12.2 Å². The third kappa shape index (κ3) is 4.27. The van der Waals surface area contributed by atoms with Gasteiger partial charge in [0.1, 0.15) is 0 Å². The van der Waals surface area contributed by atoms with Crippen LogP contribution in [0.1, 0.15) is 45.3 Å². The Balaban J connectivity index is 1.42. The molecular weight excluding hydrogens is 481 g/mol. The first-order valence-electron chi connectivity index (χ1n) is 10.8. The number of thiazole rings is 1. The third-order valence-corrected chi connectivity index (χ3v) is 7.09. The summed E-state index contributed by atoms with van der Waals surface area (Å²) in [5, 5.41) is 7.60. The molecule has 2 aliphatic rings. The second-order valence-electron chi connectivity index (χ2n) is 8.46. The summed E-state index contributed by atoms with van der Waals surface area (Å²) in [5.74, 6) is -0.876. The zero-order valence-electron chi connectivity index (χ0n) is 18.1. The van der Waals surface area contributed by atoms with Crippen molar-refractivity contribution in [3.63, 3.8) is 0 Å². The summed E-state index contributed by atoms with van der Waals surface area (Å²) < 4.78 is 38.8. The molecule has 7 nitrogen and oxygen atoms in total. The lowest BCUT2D eigenvalue weighted by molar-refractivity contribution is -0.137. The van der Waals surface area contributed by atoms with E-state index >= 15 is 0 Å². The molecule has 1 saturated carbocycles. The number of nitrogens with one attached hydrogen (secondary N) is 3. The number of amides is 4. The smallest absolute Gasteiger partial charge is 0.349 e. The van der Waals surface area contributed by atoms with Crippen LogP contribution in [0.3, 0.4) is 0 Å². The van der Waals surface area contributed by atoms with Crippen LogP contribution in [0.25, 0.3) is 11.1 Å². The fraction of sp³-hybridized carbons (Fsp3) is 0.250. The quantitative estimate of drug-likeness (QED) is 0.443. The van der Waals surface area contributed by atoms with Gasteiger partial charge in [-0.05, 0) is 48.1 Å². The lowest BCUT2D eigenvalue weighted by Gasteiger charge is -2.26. The number of imide groups is 1. The summed E-state index contributed by atoms with van der Waals surface area (Å²) in [5.41, 5.74) is 0.777. The minimum Gasteiger partial charge on any atom is -0.349 e. The largest absolute Gasteiger partial charge is 0.416 e. The van der Waals surface area contributed by atoms with Crippen molar-refractivity contribution in [3.05, 3.63) is 75.7 Å². The molecule has 180 valence electrons. The minimum atomic E-state index is -4.47. The number of urea groups is 1. The predicted octanol–water partition coefficient (Wildman–Crippen LogP) is 4.17. The van der Waals surface area contributed by atoms with Gasteiger partial charge in [0.2, 0.25) is 0 Å². The number of alkyl halides is 3. The van der Waals surface area contributed by atoms with Crippen LogP contribution in [0.2, 0.25) is 0 Å². The summed E-state index contributed by atoms with van der Waals surface area (Å²) >= 11 is 1.41. The summed E-state index contributed by atoms with van der Waals surface area (Å²) in [7, 11) is 0. The van der Waals surface area contributed by atoms with E-state index in [1.165, 1.54) is 23.5 Å². The molecule has 2 fully saturated rings. The highest BCUT2D eigenvalue weighted by molar-refractivity contribution is 7.09. The van der Waals surface area contributed by atoms with Crippen LogP contribution in [-0.2, 0) is 16.5 Å². The van der Waals surface area contributed by atoms with E-state index in [9.17, 15) is 27.6 Å². The van der Waals surface area contributed by atoms with Gasteiger partial charge in [-0.25, -0.2) is 9.78 Å². The normalized spacial score (nSPS) is 19.9. The summed E-state index contributed by atoms with van der Waals surface area (Å²) in [6.07, 6.45) is -2.54. The van der Waals surface area contributed by atoms with E-state index in [1.54, 1.807) is 29.8 Å². The molecule has 1 saturated heterocycles. The van der Waals surface area contributed by atoms with E-state index in [2.05, 4.69) is 20.9 Å². The van der Waals surface area contributed by atoms with Crippen LogP contribution >= 0.6 is 11.3 Å². The average Bonchev–Trinajstić information content (AvgIpc) is 3.48. The molecule has 2 heterocycles. The molecule has 3 N–H and O–H groups in total. The lowest BCUT2D eigenvalue weighted by Crippen LogP contribution is -2.53. The van der Waals surface area contributed by atoms with Crippen LogP contribution < -0.4 is 16.0 Å². The monoisotopic (exact) mass is 500 g/mol. The van der Waals surface area contributed by atoms with Crippen molar-refractivity contribution in [1.82, 2.24) is 20.9 Å². The Bertz CT molecular complexity index is 1320. The number of benzene rings is 2. The van der Waals surface area contributed by atoms with Crippen molar-refractivity contribution in [2.24, 2.45) is 0 Å². The zero-order chi connectivity index (χ0) is 24.8. The molecule has 0 spiro atoms. The second kappa shape index (κ2) is 8.49.